The molecule has 2 heterocycles. The molecule has 0 aliphatic carbocycles. The topological polar surface area (TPSA) is 44.4 Å². The number of carbonyl (C=O) groups is 1. The third kappa shape index (κ3) is 6.73. The van der Waals surface area contributed by atoms with Gasteiger partial charge in [-0.2, -0.15) is 0 Å². The van der Waals surface area contributed by atoms with Crippen molar-refractivity contribution in [3.63, 3.8) is 0 Å². The lowest BCUT2D eigenvalue weighted by Crippen LogP contribution is -2.38. The van der Waals surface area contributed by atoms with E-state index >= 15 is 0 Å². The van der Waals surface area contributed by atoms with Gasteiger partial charge in [0, 0.05) is 32.6 Å². The van der Waals surface area contributed by atoms with E-state index in [1.807, 2.05) is 0 Å². The van der Waals surface area contributed by atoms with Crippen LogP contribution in [0.25, 0.3) is 0 Å². The van der Waals surface area contributed by atoms with Crippen LogP contribution < -0.4 is 10.6 Å². The number of halogens is 2. The van der Waals surface area contributed by atoms with Crippen molar-refractivity contribution in [2.45, 2.75) is 39.2 Å². The van der Waals surface area contributed by atoms with Crippen LogP contribution in [-0.4, -0.2) is 43.5 Å². The van der Waals surface area contributed by atoms with E-state index in [4.69, 9.17) is 0 Å². The van der Waals surface area contributed by atoms with E-state index in [-0.39, 0.29) is 30.7 Å². The molecule has 0 bridgehead atoms. The third-order valence-electron chi connectivity index (χ3n) is 5.66. The maximum atomic E-state index is 12.2. The van der Waals surface area contributed by atoms with Crippen LogP contribution in [-0.2, 0) is 17.8 Å². The van der Waals surface area contributed by atoms with Crippen molar-refractivity contribution in [1.82, 2.24) is 15.5 Å². The predicted molar refractivity (Wildman–Crippen MR) is 112 cm³/mol. The molecular formula is C20H33Cl2N3O. The molecule has 3 rings (SSSR count). The Morgan fingerprint density at radius 3 is 2.65 bits per heavy atom. The Morgan fingerprint density at radius 2 is 1.92 bits per heavy atom. The van der Waals surface area contributed by atoms with Crippen LogP contribution in [0.15, 0.2) is 24.3 Å². The van der Waals surface area contributed by atoms with Gasteiger partial charge in [0.1, 0.15) is 0 Å². The number of piperidine rings is 1. The normalized spacial score (nSPS) is 18.8. The molecule has 1 amide bonds. The van der Waals surface area contributed by atoms with Gasteiger partial charge >= 0.3 is 0 Å². The largest absolute Gasteiger partial charge is 0.355 e. The van der Waals surface area contributed by atoms with E-state index in [1.54, 1.807) is 0 Å². The van der Waals surface area contributed by atoms with Crippen molar-refractivity contribution in [2.75, 3.05) is 32.7 Å². The average molecular weight is 402 g/mol. The van der Waals surface area contributed by atoms with Crippen molar-refractivity contribution in [1.29, 1.82) is 0 Å². The number of hydrogen-bond acceptors (Lipinski definition) is 3. The van der Waals surface area contributed by atoms with Gasteiger partial charge in [0.25, 0.3) is 0 Å². The van der Waals surface area contributed by atoms with E-state index in [2.05, 4.69) is 46.7 Å². The van der Waals surface area contributed by atoms with E-state index in [9.17, 15) is 4.79 Å². The second-order valence-corrected chi connectivity index (χ2v) is 7.41. The van der Waals surface area contributed by atoms with E-state index in [0.29, 0.717) is 18.3 Å². The molecule has 6 heteroatoms. The number of rotatable bonds is 6. The minimum absolute atomic E-state index is 0. The van der Waals surface area contributed by atoms with Crippen molar-refractivity contribution < 1.29 is 4.79 Å². The first kappa shape index (κ1) is 23.2. The molecule has 0 radical (unpaired) electrons. The van der Waals surface area contributed by atoms with Crippen LogP contribution in [0.3, 0.4) is 0 Å². The van der Waals surface area contributed by atoms with Gasteiger partial charge in [-0.25, -0.2) is 0 Å². The molecule has 1 unspecified atom stereocenters. The maximum Gasteiger partial charge on any atom is 0.220 e. The van der Waals surface area contributed by atoms with Crippen molar-refractivity contribution >= 4 is 30.7 Å². The summed E-state index contributed by atoms with van der Waals surface area (Å²) in [5.41, 5.74) is 2.92. The highest BCUT2D eigenvalue weighted by atomic mass is 35.5. The highest BCUT2D eigenvalue weighted by Crippen LogP contribution is 2.24. The van der Waals surface area contributed by atoms with Crippen molar-refractivity contribution in [3.05, 3.63) is 35.4 Å². The van der Waals surface area contributed by atoms with E-state index < -0.39 is 0 Å². The first-order valence-electron chi connectivity index (χ1n) is 9.49. The van der Waals surface area contributed by atoms with Gasteiger partial charge < -0.3 is 10.6 Å². The van der Waals surface area contributed by atoms with Crippen LogP contribution in [0.4, 0.5) is 0 Å². The molecule has 1 atom stereocenters. The van der Waals surface area contributed by atoms with Gasteiger partial charge in [0.2, 0.25) is 5.91 Å². The predicted octanol–water partition coefficient (Wildman–Crippen LogP) is 3.03. The fourth-order valence-corrected chi connectivity index (χ4v) is 4.04. The highest BCUT2D eigenvalue weighted by molar-refractivity contribution is 5.85. The Labute approximate surface area is 170 Å². The minimum atomic E-state index is 0. The average Bonchev–Trinajstić information content (AvgIpc) is 2.62. The Kier molecular flexibility index (Phi) is 10.6. The quantitative estimate of drug-likeness (QED) is 0.769. The molecule has 1 aromatic carbocycles. The standard InChI is InChI=1S/C20H31N3O.2ClH/c1-16(17-6-9-21-10-7-17)14-20(24)22-11-13-23-12-8-18-4-2-3-5-19(18)15-23;;/h2-5,16-17,21H,6-15H2,1H3,(H,22,24);2*1H. The molecular weight excluding hydrogens is 369 g/mol. The van der Waals surface area contributed by atoms with Gasteiger partial charge in [0.05, 0.1) is 0 Å². The Bertz CT molecular complexity index is 550. The van der Waals surface area contributed by atoms with Gasteiger partial charge in [-0.3, -0.25) is 9.69 Å². The summed E-state index contributed by atoms with van der Waals surface area (Å²) < 4.78 is 0. The monoisotopic (exact) mass is 401 g/mol. The molecule has 1 saturated heterocycles. The Morgan fingerprint density at radius 1 is 1.23 bits per heavy atom. The summed E-state index contributed by atoms with van der Waals surface area (Å²) in [7, 11) is 0. The third-order valence-corrected chi connectivity index (χ3v) is 5.66. The van der Waals surface area contributed by atoms with Crippen LogP contribution in [0.1, 0.15) is 37.3 Å². The minimum Gasteiger partial charge on any atom is -0.355 e. The van der Waals surface area contributed by atoms with Crippen LogP contribution in [0, 0.1) is 11.8 Å². The first-order chi connectivity index (χ1) is 11.7. The number of fused-ring (bicyclic) bond motifs is 1. The summed E-state index contributed by atoms with van der Waals surface area (Å²) in [6, 6.07) is 8.70. The van der Waals surface area contributed by atoms with Gasteiger partial charge in [-0.1, -0.05) is 31.2 Å². The lowest BCUT2D eigenvalue weighted by molar-refractivity contribution is -0.122. The second-order valence-electron chi connectivity index (χ2n) is 7.41. The summed E-state index contributed by atoms with van der Waals surface area (Å²) in [4.78, 5) is 14.6. The molecule has 2 aliphatic heterocycles. The zero-order valence-corrected chi connectivity index (χ0v) is 17.3. The summed E-state index contributed by atoms with van der Waals surface area (Å²) in [5, 5.41) is 6.52. The SMILES string of the molecule is CC(CC(=O)NCCN1CCc2ccccc2C1)C1CCNCC1.Cl.Cl. The number of benzene rings is 1. The lowest BCUT2D eigenvalue weighted by Gasteiger charge is -2.29. The maximum absolute atomic E-state index is 12.2. The van der Waals surface area contributed by atoms with Crippen LogP contribution >= 0.6 is 24.8 Å². The Balaban J connectivity index is 0.00000169. The number of amides is 1. The first-order valence-corrected chi connectivity index (χ1v) is 9.49. The lowest BCUT2D eigenvalue weighted by atomic mass is 9.84. The number of nitrogens with one attached hydrogen (secondary N) is 2. The fourth-order valence-electron chi connectivity index (χ4n) is 4.04. The second kappa shape index (κ2) is 11.8. The van der Waals surface area contributed by atoms with Crippen LogP contribution in [0.5, 0.6) is 0 Å². The summed E-state index contributed by atoms with van der Waals surface area (Å²) >= 11 is 0. The van der Waals surface area contributed by atoms with E-state index in [0.717, 1.165) is 45.7 Å². The van der Waals surface area contributed by atoms with Crippen LogP contribution in [0.2, 0.25) is 0 Å². The number of hydrogen-bond donors (Lipinski definition) is 2. The number of carbonyl (C=O) groups excluding carboxylic acids is 1. The van der Waals surface area contributed by atoms with E-state index in [1.165, 1.54) is 24.0 Å². The molecule has 2 aliphatic rings. The molecule has 4 nitrogen and oxygen atoms in total. The summed E-state index contributed by atoms with van der Waals surface area (Å²) in [6.07, 6.45) is 4.22. The smallest absolute Gasteiger partial charge is 0.220 e. The van der Waals surface area contributed by atoms with Crippen molar-refractivity contribution in [3.8, 4) is 0 Å². The molecule has 0 saturated carbocycles. The zero-order valence-electron chi connectivity index (χ0n) is 15.7. The fraction of sp³-hybridized carbons (Fsp3) is 0.650. The molecule has 0 spiro atoms. The van der Waals surface area contributed by atoms with Gasteiger partial charge in [-0.15, -0.1) is 24.8 Å². The zero-order chi connectivity index (χ0) is 16.8. The number of nitrogens with zero attached hydrogens (tertiary/aromatic N) is 1. The molecule has 1 aromatic rings. The summed E-state index contributed by atoms with van der Waals surface area (Å²) in [5.74, 6) is 1.42. The molecule has 26 heavy (non-hydrogen) atoms. The Hall–Kier alpha value is -0.810. The molecule has 0 aromatic heterocycles. The summed E-state index contributed by atoms with van der Waals surface area (Å²) in [6.45, 7) is 8.26. The highest BCUT2D eigenvalue weighted by Gasteiger charge is 2.22. The molecule has 148 valence electrons. The molecule has 2 N–H and O–H groups in total. The van der Waals surface area contributed by atoms with Gasteiger partial charge in [-0.05, 0) is 55.3 Å². The van der Waals surface area contributed by atoms with Crippen molar-refractivity contribution in [2.24, 2.45) is 11.8 Å². The molecule has 1 fully saturated rings. The van der Waals surface area contributed by atoms with Gasteiger partial charge in [0.15, 0.2) is 0 Å².